The number of piperazine rings is 1. The second kappa shape index (κ2) is 16.3. The third-order valence-electron chi connectivity index (χ3n) is 7.74. The Kier molecular flexibility index (Phi) is 12.3. The zero-order valence-electron chi connectivity index (χ0n) is 24.7. The molecule has 0 N–H and O–H groups in total. The Morgan fingerprint density at radius 1 is 0.805 bits per heavy atom. The van der Waals surface area contributed by atoms with E-state index in [1.54, 1.807) is 11.8 Å². The highest BCUT2D eigenvalue weighted by Crippen LogP contribution is 2.28. The first-order chi connectivity index (χ1) is 20.1. The zero-order valence-corrected chi connectivity index (χ0v) is 25.5. The number of carbonyl (C=O) groups excluding carboxylic acids is 2. The fourth-order valence-corrected chi connectivity index (χ4v) is 6.31. The molecule has 2 heterocycles. The van der Waals surface area contributed by atoms with E-state index in [2.05, 4.69) is 40.7 Å². The third kappa shape index (κ3) is 8.93. The van der Waals surface area contributed by atoms with E-state index in [9.17, 15) is 9.59 Å². The number of amides is 2. The van der Waals surface area contributed by atoms with Gasteiger partial charge in [-0.15, -0.1) is 10.2 Å². The first-order valence-corrected chi connectivity index (χ1v) is 16.3. The van der Waals surface area contributed by atoms with E-state index in [4.69, 9.17) is 0 Å². The molecule has 1 aliphatic heterocycles. The van der Waals surface area contributed by atoms with Gasteiger partial charge in [0.15, 0.2) is 11.0 Å². The van der Waals surface area contributed by atoms with Crippen LogP contribution in [0.1, 0.15) is 78.1 Å². The Morgan fingerprint density at radius 2 is 1.46 bits per heavy atom. The number of rotatable bonds is 15. The summed E-state index contributed by atoms with van der Waals surface area (Å²) >= 11 is 1.63. The lowest BCUT2D eigenvalue weighted by Crippen LogP contribution is -2.55. The third-order valence-corrected chi connectivity index (χ3v) is 8.76. The Labute approximate surface area is 249 Å². The molecule has 1 unspecified atom stereocenters. The maximum Gasteiger partial charge on any atom is 0.222 e. The predicted octanol–water partition coefficient (Wildman–Crippen LogP) is 7.01. The summed E-state index contributed by atoms with van der Waals surface area (Å²) < 4.78 is 2.09. The maximum atomic E-state index is 13.0. The second-order valence-electron chi connectivity index (χ2n) is 10.9. The number of thioether (sulfide) groups is 1. The molecule has 2 aromatic carbocycles. The molecule has 1 aromatic heterocycles. The SMILES string of the molecule is CCCCCCCCCC(=O)N1CCN(C(=O)CCCSc2nnc(-c3ccccc3)n2-c2ccccc2)CC1C. The molecule has 1 saturated heterocycles. The Balaban J connectivity index is 1.22. The number of carbonyl (C=O) groups is 2. The monoisotopic (exact) mass is 575 g/mol. The van der Waals surface area contributed by atoms with Gasteiger partial charge in [-0.25, -0.2) is 0 Å². The fraction of sp³-hybridized carbons (Fsp3) is 0.515. The normalized spacial score (nSPS) is 15.3. The molecule has 8 heteroatoms. The van der Waals surface area contributed by atoms with Crippen molar-refractivity contribution in [3.05, 3.63) is 60.7 Å². The predicted molar refractivity (Wildman–Crippen MR) is 167 cm³/mol. The number of aromatic nitrogens is 3. The van der Waals surface area contributed by atoms with Crippen LogP contribution in [-0.2, 0) is 9.59 Å². The molecule has 0 aliphatic carbocycles. The zero-order chi connectivity index (χ0) is 28.9. The van der Waals surface area contributed by atoms with Crippen molar-refractivity contribution in [1.29, 1.82) is 0 Å². The average molecular weight is 576 g/mol. The van der Waals surface area contributed by atoms with E-state index < -0.39 is 0 Å². The molecule has 0 saturated carbocycles. The molecular formula is C33H45N5O2S. The van der Waals surface area contributed by atoms with E-state index in [0.29, 0.717) is 32.5 Å². The van der Waals surface area contributed by atoms with Crippen molar-refractivity contribution in [1.82, 2.24) is 24.6 Å². The Bertz CT molecular complexity index is 1220. The average Bonchev–Trinajstić information content (AvgIpc) is 3.43. The van der Waals surface area contributed by atoms with Crippen molar-refractivity contribution in [3.8, 4) is 17.1 Å². The lowest BCUT2D eigenvalue weighted by Gasteiger charge is -2.40. The highest BCUT2D eigenvalue weighted by molar-refractivity contribution is 7.99. The van der Waals surface area contributed by atoms with Crippen LogP contribution in [-0.4, -0.2) is 67.8 Å². The van der Waals surface area contributed by atoms with Crippen LogP contribution >= 0.6 is 11.8 Å². The van der Waals surface area contributed by atoms with Crippen molar-refractivity contribution in [2.45, 2.75) is 89.3 Å². The van der Waals surface area contributed by atoms with Crippen molar-refractivity contribution in [2.75, 3.05) is 25.4 Å². The van der Waals surface area contributed by atoms with Crippen LogP contribution in [0.5, 0.6) is 0 Å². The first kappa shape index (κ1) is 30.8. The molecule has 2 amide bonds. The minimum absolute atomic E-state index is 0.0694. The topological polar surface area (TPSA) is 71.3 Å². The Hall–Kier alpha value is -3.13. The van der Waals surface area contributed by atoms with Gasteiger partial charge in [0.05, 0.1) is 0 Å². The highest BCUT2D eigenvalue weighted by atomic mass is 32.2. The lowest BCUT2D eigenvalue weighted by atomic mass is 10.1. The molecule has 220 valence electrons. The summed E-state index contributed by atoms with van der Waals surface area (Å²) in [5, 5.41) is 9.82. The molecule has 7 nitrogen and oxygen atoms in total. The number of hydrogen-bond acceptors (Lipinski definition) is 5. The van der Waals surface area contributed by atoms with Gasteiger partial charge in [-0.05, 0) is 31.9 Å². The van der Waals surface area contributed by atoms with Crippen LogP contribution < -0.4 is 0 Å². The molecule has 0 spiro atoms. The molecule has 0 radical (unpaired) electrons. The first-order valence-electron chi connectivity index (χ1n) is 15.3. The van der Waals surface area contributed by atoms with Crippen LogP contribution in [0.4, 0.5) is 0 Å². The molecule has 1 fully saturated rings. The molecule has 1 atom stereocenters. The fourth-order valence-electron chi connectivity index (χ4n) is 5.42. The van der Waals surface area contributed by atoms with Crippen LogP contribution in [0.2, 0.25) is 0 Å². The summed E-state index contributed by atoms with van der Waals surface area (Å²) in [6.45, 7) is 6.19. The van der Waals surface area contributed by atoms with Gasteiger partial charge < -0.3 is 9.80 Å². The van der Waals surface area contributed by atoms with E-state index >= 15 is 0 Å². The van der Waals surface area contributed by atoms with Crippen molar-refractivity contribution in [3.63, 3.8) is 0 Å². The van der Waals surface area contributed by atoms with Gasteiger partial charge in [0.25, 0.3) is 0 Å². The molecular weight excluding hydrogens is 530 g/mol. The summed E-state index contributed by atoms with van der Waals surface area (Å²) in [6, 6.07) is 20.3. The van der Waals surface area contributed by atoms with Gasteiger partial charge >= 0.3 is 0 Å². The number of hydrogen-bond donors (Lipinski definition) is 0. The summed E-state index contributed by atoms with van der Waals surface area (Å²) in [5.74, 6) is 2.00. The number of benzene rings is 2. The van der Waals surface area contributed by atoms with Gasteiger partial charge in [-0.2, -0.15) is 0 Å². The number of para-hydroxylation sites is 1. The minimum atomic E-state index is 0.0694. The second-order valence-corrected chi connectivity index (χ2v) is 12.0. The van der Waals surface area contributed by atoms with Crippen LogP contribution in [0, 0.1) is 0 Å². The Morgan fingerprint density at radius 3 is 2.17 bits per heavy atom. The quantitative estimate of drug-likeness (QED) is 0.144. The lowest BCUT2D eigenvalue weighted by molar-refractivity contribution is -0.142. The van der Waals surface area contributed by atoms with Crippen molar-refractivity contribution >= 4 is 23.6 Å². The van der Waals surface area contributed by atoms with Gasteiger partial charge in [0.1, 0.15) is 0 Å². The van der Waals surface area contributed by atoms with Gasteiger partial charge in [-0.3, -0.25) is 14.2 Å². The van der Waals surface area contributed by atoms with E-state index in [1.165, 1.54) is 32.1 Å². The van der Waals surface area contributed by atoms with Crippen molar-refractivity contribution < 1.29 is 9.59 Å². The number of nitrogens with zero attached hydrogens (tertiary/aromatic N) is 5. The van der Waals surface area contributed by atoms with E-state index in [-0.39, 0.29) is 17.9 Å². The van der Waals surface area contributed by atoms with E-state index in [1.807, 2.05) is 58.3 Å². The highest BCUT2D eigenvalue weighted by Gasteiger charge is 2.29. The van der Waals surface area contributed by atoms with Crippen molar-refractivity contribution in [2.24, 2.45) is 0 Å². The van der Waals surface area contributed by atoms with Crippen LogP contribution in [0.3, 0.4) is 0 Å². The van der Waals surface area contributed by atoms with Crippen LogP contribution in [0.25, 0.3) is 17.1 Å². The minimum Gasteiger partial charge on any atom is -0.339 e. The molecule has 3 aromatic rings. The van der Waals surface area contributed by atoms with E-state index in [0.717, 1.165) is 47.2 Å². The maximum absolute atomic E-state index is 13.0. The summed E-state index contributed by atoms with van der Waals surface area (Å²) in [7, 11) is 0. The molecule has 4 rings (SSSR count). The summed E-state index contributed by atoms with van der Waals surface area (Å²) in [5.41, 5.74) is 2.03. The largest absolute Gasteiger partial charge is 0.339 e. The van der Waals surface area contributed by atoms with Crippen LogP contribution in [0.15, 0.2) is 65.8 Å². The van der Waals surface area contributed by atoms with Gasteiger partial charge in [0, 0.05) is 55.5 Å². The standard InChI is InChI=1S/C33H45N5O2S/c1-3-4-5-6-7-8-15-21-31(40)37-24-23-36(26-27(37)2)30(39)22-16-25-41-33-35-34-32(28-17-11-9-12-18-28)38(33)29-19-13-10-14-20-29/h9-14,17-20,27H,3-8,15-16,21-26H2,1-2H3. The smallest absolute Gasteiger partial charge is 0.222 e. The number of unbranched alkanes of at least 4 members (excludes halogenated alkanes) is 6. The summed E-state index contributed by atoms with van der Waals surface area (Å²) in [6.07, 6.45) is 10.4. The summed E-state index contributed by atoms with van der Waals surface area (Å²) in [4.78, 5) is 29.7. The molecule has 41 heavy (non-hydrogen) atoms. The molecule has 0 bridgehead atoms. The van der Waals surface area contributed by atoms with Gasteiger partial charge in [0.2, 0.25) is 11.8 Å². The molecule has 1 aliphatic rings. The van der Waals surface area contributed by atoms with Gasteiger partial charge in [-0.1, -0.05) is 106 Å².